The SMILES string of the molecule is Cc1ccc2c(c1)N[C@H](C(=O)Nc1ccc(F)cc1)NS2(=O)=O. The minimum atomic E-state index is -3.79. The maximum absolute atomic E-state index is 12.9. The van der Waals surface area contributed by atoms with Gasteiger partial charge in [0, 0.05) is 5.69 Å². The van der Waals surface area contributed by atoms with Crippen LogP contribution in [-0.4, -0.2) is 20.5 Å². The molecule has 0 saturated heterocycles. The van der Waals surface area contributed by atoms with Gasteiger partial charge in [0.15, 0.2) is 6.17 Å². The predicted octanol–water partition coefficient (Wildman–Crippen LogP) is 1.80. The van der Waals surface area contributed by atoms with Crippen molar-refractivity contribution < 1.29 is 17.6 Å². The number of aryl methyl sites for hydroxylation is 1. The normalized spacial score (nSPS) is 18.6. The first-order valence-electron chi connectivity index (χ1n) is 6.81. The maximum Gasteiger partial charge on any atom is 0.262 e. The highest BCUT2D eigenvalue weighted by Crippen LogP contribution is 2.27. The van der Waals surface area contributed by atoms with E-state index in [4.69, 9.17) is 0 Å². The number of rotatable bonds is 2. The van der Waals surface area contributed by atoms with Gasteiger partial charge in [-0.15, -0.1) is 0 Å². The monoisotopic (exact) mass is 335 g/mol. The third-order valence-corrected chi connectivity index (χ3v) is 4.85. The van der Waals surface area contributed by atoms with E-state index >= 15 is 0 Å². The number of amides is 1. The van der Waals surface area contributed by atoms with Crippen LogP contribution in [-0.2, 0) is 14.8 Å². The van der Waals surface area contributed by atoms with Crippen molar-refractivity contribution in [1.29, 1.82) is 0 Å². The van der Waals surface area contributed by atoms with Crippen molar-refractivity contribution in [2.24, 2.45) is 0 Å². The van der Waals surface area contributed by atoms with Crippen LogP contribution in [0.4, 0.5) is 15.8 Å². The van der Waals surface area contributed by atoms with Gasteiger partial charge in [-0.25, -0.2) is 12.8 Å². The Labute approximate surface area is 132 Å². The Morgan fingerprint density at radius 3 is 2.57 bits per heavy atom. The van der Waals surface area contributed by atoms with Gasteiger partial charge in [-0.2, -0.15) is 4.72 Å². The van der Waals surface area contributed by atoms with Gasteiger partial charge in [-0.05, 0) is 48.9 Å². The molecule has 0 unspecified atom stereocenters. The number of benzene rings is 2. The summed E-state index contributed by atoms with van der Waals surface area (Å²) in [5.74, 6) is -1.02. The van der Waals surface area contributed by atoms with E-state index in [0.29, 0.717) is 11.4 Å². The molecule has 0 radical (unpaired) electrons. The molecule has 23 heavy (non-hydrogen) atoms. The lowest BCUT2D eigenvalue weighted by Crippen LogP contribution is -2.51. The summed E-state index contributed by atoms with van der Waals surface area (Å²) in [6.07, 6.45) is -1.15. The molecule has 3 rings (SSSR count). The van der Waals surface area contributed by atoms with Crippen molar-refractivity contribution in [3.8, 4) is 0 Å². The molecule has 2 aromatic carbocycles. The summed E-state index contributed by atoms with van der Waals surface area (Å²) < 4.78 is 39.6. The highest BCUT2D eigenvalue weighted by Gasteiger charge is 2.33. The van der Waals surface area contributed by atoms with Crippen LogP contribution < -0.4 is 15.4 Å². The molecule has 0 saturated carbocycles. The third kappa shape index (κ3) is 3.17. The number of fused-ring (bicyclic) bond motifs is 1. The summed E-state index contributed by atoms with van der Waals surface area (Å²) in [5.41, 5.74) is 1.60. The standard InChI is InChI=1S/C15H14FN3O3S/c1-9-2-7-13-12(8-9)18-14(19-23(13,21)22)15(20)17-11-5-3-10(16)4-6-11/h2-8,14,18-19H,1H3,(H,17,20)/t14-/m0/s1. The van der Waals surface area contributed by atoms with Gasteiger partial charge >= 0.3 is 0 Å². The van der Waals surface area contributed by atoms with Crippen LogP contribution in [0.1, 0.15) is 5.56 Å². The first-order chi connectivity index (χ1) is 10.8. The molecule has 0 aliphatic carbocycles. The Morgan fingerprint density at radius 1 is 1.17 bits per heavy atom. The zero-order valence-electron chi connectivity index (χ0n) is 12.1. The maximum atomic E-state index is 12.9. The number of anilines is 2. The topological polar surface area (TPSA) is 87.3 Å². The van der Waals surface area contributed by atoms with E-state index in [2.05, 4.69) is 15.4 Å². The smallest absolute Gasteiger partial charge is 0.262 e. The zero-order valence-corrected chi connectivity index (χ0v) is 12.9. The van der Waals surface area contributed by atoms with Crippen molar-refractivity contribution in [3.63, 3.8) is 0 Å². The van der Waals surface area contributed by atoms with Crippen LogP contribution in [0.3, 0.4) is 0 Å². The molecule has 1 aliphatic rings. The molecule has 1 aliphatic heterocycles. The fourth-order valence-corrected chi connectivity index (χ4v) is 3.52. The van der Waals surface area contributed by atoms with Crippen LogP contribution in [0, 0.1) is 12.7 Å². The average Bonchev–Trinajstić information content (AvgIpc) is 2.48. The zero-order chi connectivity index (χ0) is 16.6. The minimum Gasteiger partial charge on any atom is -0.360 e. The first-order valence-corrected chi connectivity index (χ1v) is 8.29. The summed E-state index contributed by atoms with van der Waals surface area (Å²) in [7, 11) is -3.79. The van der Waals surface area contributed by atoms with Crippen molar-refractivity contribution in [3.05, 3.63) is 53.8 Å². The summed E-state index contributed by atoms with van der Waals surface area (Å²) >= 11 is 0. The number of carbonyl (C=O) groups is 1. The molecule has 0 fully saturated rings. The Bertz CT molecular complexity index is 866. The number of halogens is 1. The minimum absolute atomic E-state index is 0.0916. The number of hydrogen-bond donors (Lipinski definition) is 3. The Balaban J connectivity index is 1.84. The number of nitrogens with one attached hydrogen (secondary N) is 3. The average molecular weight is 335 g/mol. The van der Waals surface area contributed by atoms with Crippen molar-refractivity contribution in [2.45, 2.75) is 18.0 Å². The Morgan fingerprint density at radius 2 is 1.87 bits per heavy atom. The van der Waals surface area contributed by atoms with E-state index in [0.717, 1.165) is 5.56 Å². The van der Waals surface area contributed by atoms with E-state index in [9.17, 15) is 17.6 Å². The van der Waals surface area contributed by atoms with Gasteiger partial charge in [0.25, 0.3) is 5.91 Å². The summed E-state index contributed by atoms with van der Waals surface area (Å²) in [4.78, 5) is 12.3. The van der Waals surface area contributed by atoms with Gasteiger partial charge in [0.1, 0.15) is 10.7 Å². The largest absolute Gasteiger partial charge is 0.360 e. The van der Waals surface area contributed by atoms with Gasteiger partial charge in [-0.3, -0.25) is 4.79 Å². The van der Waals surface area contributed by atoms with Gasteiger partial charge < -0.3 is 10.6 Å². The highest BCUT2D eigenvalue weighted by molar-refractivity contribution is 7.89. The van der Waals surface area contributed by atoms with Crippen LogP contribution in [0.25, 0.3) is 0 Å². The molecule has 120 valence electrons. The lowest BCUT2D eigenvalue weighted by atomic mass is 10.2. The third-order valence-electron chi connectivity index (χ3n) is 3.37. The summed E-state index contributed by atoms with van der Waals surface area (Å²) in [5, 5.41) is 5.38. The first kappa shape index (κ1) is 15.4. The molecule has 2 aromatic rings. The van der Waals surface area contributed by atoms with Gasteiger partial charge in [-0.1, -0.05) is 6.07 Å². The Hall–Kier alpha value is -2.45. The fourth-order valence-electron chi connectivity index (χ4n) is 2.26. The summed E-state index contributed by atoms with van der Waals surface area (Å²) in [6, 6.07) is 10.0. The second kappa shape index (κ2) is 5.64. The molecular weight excluding hydrogens is 321 g/mol. The molecule has 0 bridgehead atoms. The molecule has 1 amide bonds. The quantitative estimate of drug-likeness (QED) is 0.781. The van der Waals surface area contributed by atoms with E-state index in [1.54, 1.807) is 12.1 Å². The van der Waals surface area contributed by atoms with E-state index in [-0.39, 0.29) is 4.90 Å². The molecule has 6 nitrogen and oxygen atoms in total. The second-order valence-electron chi connectivity index (χ2n) is 5.19. The molecule has 8 heteroatoms. The molecular formula is C15H14FN3O3S. The summed E-state index contributed by atoms with van der Waals surface area (Å²) in [6.45, 7) is 1.82. The van der Waals surface area contributed by atoms with E-state index in [1.807, 2.05) is 6.92 Å². The van der Waals surface area contributed by atoms with E-state index < -0.39 is 27.9 Å². The van der Waals surface area contributed by atoms with Crippen molar-refractivity contribution in [1.82, 2.24) is 4.72 Å². The second-order valence-corrected chi connectivity index (χ2v) is 6.88. The van der Waals surface area contributed by atoms with Crippen molar-refractivity contribution >= 4 is 27.3 Å². The molecule has 1 atom stereocenters. The lowest BCUT2D eigenvalue weighted by Gasteiger charge is -2.27. The van der Waals surface area contributed by atoms with E-state index in [1.165, 1.54) is 30.3 Å². The van der Waals surface area contributed by atoms with Crippen LogP contribution in [0.5, 0.6) is 0 Å². The molecule has 0 aromatic heterocycles. The number of carbonyl (C=O) groups excluding carboxylic acids is 1. The van der Waals surface area contributed by atoms with Crippen LogP contribution in [0.15, 0.2) is 47.4 Å². The van der Waals surface area contributed by atoms with Gasteiger partial charge in [0.05, 0.1) is 5.69 Å². The molecule has 0 spiro atoms. The molecule has 3 N–H and O–H groups in total. The fraction of sp³-hybridized carbons (Fsp3) is 0.133. The van der Waals surface area contributed by atoms with Crippen molar-refractivity contribution in [2.75, 3.05) is 10.6 Å². The predicted molar refractivity (Wildman–Crippen MR) is 83.9 cm³/mol. The molecule has 1 heterocycles. The Kier molecular flexibility index (Phi) is 3.78. The van der Waals surface area contributed by atoms with Crippen LogP contribution in [0.2, 0.25) is 0 Å². The lowest BCUT2D eigenvalue weighted by molar-refractivity contribution is -0.117. The van der Waals surface area contributed by atoms with Gasteiger partial charge in [0.2, 0.25) is 10.0 Å². The number of hydrogen-bond acceptors (Lipinski definition) is 4. The highest BCUT2D eigenvalue weighted by atomic mass is 32.2. The number of sulfonamides is 1. The van der Waals surface area contributed by atoms with Crippen LogP contribution >= 0.6 is 0 Å².